The summed E-state index contributed by atoms with van der Waals surface area (Å²) in [7, 11) is 0. The van der Waals surface area contributed by atoms with Crippen LogP contribution in [0.3, 0.4) is 0 Å². The third-order valence-corrected chi connectivity index (χ3v) is 1.23. The van der Waals surface area contributed by atoms with Crippen LogP contribution in [0.1, 0.15) is 5.69 Å². The van der Waals surface area contributed by atoms with Gasteiger partial charge in [0.2, 0.25) is 0 Å². The van der Waals surface area contributed by atoms with E-state index in [0.29, 0.717) is 5.69 Å². The maximum Gasteiger partial charge on any atom is 0.0885 e. The third kappa shape index (κ3) is 0.815. The van der Waals surface area contributed by atoms with Crippen molar-refractivity contribution in [2.45, 2.75) is 0 Å². The van der Waals surface area contributed by atoms with Crippen molar-refractivity contribution in [3.8, 4) is 0 Å². The second kappa shape index (κ2) is 2.39. The van der Waals surface area contributed by atoms with Crippen LogP contribution in [0.5, 0.6) is 0 Å². The van der Waals surface area contributed by atoms with Crippen molar-refractivity contribution < 1.29 is 0 Å². The van der Waals surface area contributed by atoms with Crippen LogP contribution in [0, 0.1) is 0 Å². The normalized spacial score (nSPS) is 9.20. The van der Waals surface area contributed by atoms with Gasteiger partial charge in [0.15, 0.2) is 0 Å². The summed E-state index contributed by atoms with van der Waals surface area (Å²) in [6, 6.07) is 0. The smallest absolute Gasteiger partial charge is 0.0885 e. The topological polar surface area (TPSA) is 43.8 Å². The summed E-state index contributed by atoms with van der Waals surface area (Å²) in [5.41, 5.74) is 6.93. The molecule has 0 radical (unpaired) electrons. The van der Waals surface area contributed by atoms with Gasteiger partial charge in [-0.15, -0.1) is 0 Å². The van der Waals surface area contributed by atoms with Crippen molar-refractivity contribution in [3.05, 3.63) is 25.0 Å². The number of nitrogen functional groups attached to an aromatic ring is 1. The third-order valence-electron chi connectivity index (χ3n) is 1.23. The fourth-order valence-electron chi connectivity index (χ4n) is 0.742. The Morgan fingerprint density at radius 3 is 2.70 bits per heavy atom. The van der Waals surface area contributed by atoms with Crippen molar-refractivity contribution in [2.24, 2.45) is 0 Å². The number of rotatable bonds is 2. The number of anilines is 1. The lowest BCUT2D eigenvalue weighted by Crippen LogP contribution is -1.92. The zero-order valence-electron chi connectivity index (χ0n) is 5.62. The fourth-order valence-corrected chi connectivity index (χ4v) is 0.742. The molecular weight excluding hydrogens is 126 g/mol. The van der Waals surface area contributed by atoms with Crippen molar-refractivity contribution in [1.29, 1.82) is 0 Å². The lowest BCUT2D eigenvalue weighted by atomic mass is 10.4. The van der Waals surface area contributed by atoms with Crippen LogP contribution in [-0.4, -0.2) is 9.78 Å². The molecule has 1 aromatic heterocycles. The molecule has 0 spiro atoms. The maximum absolute atomic E-state index is 5.53. The molecule has 0 saturated heterocycles. The van der Waals surface area contributed by atoms with Gasteiger partial charge < -0.3 is 5.73 Å². The van der Waals surface area contributed by atoms with E-state index in [1.807, 2.05) is 0 Å². The summed E-state index contributed by atoms with van der Waals surface area (Å²) in [5.74, 6) is 0. The summed E-state index contributed by atoms with van der Waals surface area (Å²) in [4.78, 5) is 0. The van der Waals surface area contributed by atoms with Crippen LogP contribution in [0.25, 0.3) is 12.3 Å². The van der Waals surface area contributed by atoms with Crippen molar-refractivity contribution >= 4 is 18.0 Å². The average molecular weight is 135 g/mol. The Bertz CT molecular complexity index is 260. The predicted octanol–water partition coefficient (Wildman–Crippen LogP) is 1.21. The van der Waals surface area contributed by atoms with Crippen LogP contribution in [0.2, 0.25) is 0 Å². The minimum Gasteiger partial charge on any atom is -0.396 e. The molecule has 1 aromatic rings. The monoisotopic (exact) mass is 135 g/mol. The van der Waals surface area contributed by atoms with Crippen molar-refractivity contribution in [3.63, 3.8) is 0 Å². The number of nitrogens with zero attached hydrogens (tertiary/aromatic N) is 2. The summed E-state index contributed by atoms with van der Waals surface area (Å²) < 4.78 is 1.57. The minimum atomic E-state index is 0.620. The fraction of sp³-hybridized carbons (Fsp3) is 0. The highest BCUT2D eigenvalue weighted by atomic mass is 15.3. The van der Waals surface area contributed by atoms with Crippen molar-refractivity contribution in [2.75, 3.05) is 5.73 Å². The molecule has 0 aliphatic heterocycles. The quantitative estimate of drug-likeness (QED) is 0.662. The molecule has 0 fully saturated rings. The summed E-state index contributed by atoms with van der Waals surface area (Å²) in [6.07, 6.45) is 4.79. The van der Waals surface area contributed by atoms with Gasteiger partial charge in [-0.05, 0) is 6.08 Å². The highest BCUT2D eigenvalue weighted by molar-refractivity contribution is 5.60. The van der Waals surface area contributed by atoms with E-state index >= 15 is 0 Å². The molecule has 52 valence electrons. The molecule has 0 unspecified atom stereocenters. The van der Waals surface area contributed by atoms with E-state index in [1.165, 1.54) is 0 Å². The van der Waals surface area contributed by atoms with Gasteiger partial charge in [-0.2, -0.15) is 5.10 Å². The summed E-state index contributed by atoms with van der Waals surface area (Å²) in [5, 5.41) is 3.91. The molecule has 3 nitrogen and oxygen atoms in total. The van der Waals surface area contributed by atoms with E-state index in [2.05, 4.69) is 18.3 Å². The Morgan fingerprint density at radius 1 is 1.60 bits per heavy atom. The second-order valence-corrected chi connectivity index (χ2v) is 1.82. The molecule has 0 aliphatic carbocycles. The van der Waals surface area contributed by atoms with Gasteiger partial charge in [0, 0.05) is 6.20 Å². The largest absolute Gasteiger partial charge is 0.396 e. The highest BCUT2D eigenvalue weighted by Gasteiger charge is 1.99. The first-order chi connectivity index (χ1) is 4.79. The Morgan fingerprint density at radius 2 is 2.30 bits per heavy atom. The SMILES string of the molecule is C=Cc1c(N)cnn1C=C. The highest BCUT2D eigenvalue weighted by Crippen LogP contribution is 2.10. The summed E-state index contributed by atoms with van der Waals surface area (Å²) >= 11 is 0. The molecule has 1 heterocycles. The van der Waals surface area contributed by atoms with E-state index in [-0.39, 0.29) is 0 Å². The van der Waals surface area contributed by atoms with Crippen LogP contribution in [0.15, 0.2) is 19.4 Å². The Kier molecular flexibility index (Phi) is 1.58. The van der Waals surface area contributed by atoms with Gasteiger partial charge in [-0.25, -0.2) is 4.68 Å². The molecule has 0 saturated carbocycles. The zero-order chi connectivity index (χ0) is 7.56. The van der Waals surface area contributed by atoms with Gasteiger partial charge in [-0.1, -0.05) is 13.2 Å². The molecule has 0 aromatic carbocycles. The van der Waals surface area contributed by atoms with Crippen LogP contribution < -0.4 is 5.73 Å². The number of nitrogens with two attached hydrogens (primary N) is 1. The van der Waals surface area contributed by atoms with Gasteiger partial charge in [0.05, 0.1) is 17.6 Å². The van der Waals surface area contributed by atoms with Crippen LogP contribution in [0.4, 0.5) is 5.69 Å². The van der Waals surface area contributed by atoms with E-state index in [9.17, 15) is 0 Å². The molecule has 0 aliphatic rings. The predicted molar refractivity (Wildman–Crippen MR) is 43.1 cm³/mol. The van der Waals surface area contributed by atoms with Crippen LogP contribution >= 0.6 is 0 Å². The number of hydrogen-bond acceptors (Lipinski definition) is 2. The lowest BCUT2D eigenvalue weighted by molar-refractivity contribution is 0.927. The molecule has 0 bridgehead atoms. The molecule has 0 amide bonds. The zero-order valence-corrected chi connectivity index (χ0v) is 5.62. The molecule has 10 heavy (non-hydrogen) atoms. The first-order valence-corrected chi connectivity index (χ1v) is 2.87. The van der Waals surface area contributed by atoms with Gasteiger partial charge >= 0.3 is 0 Å². The summed E-state index contributed by atoms with van der Waals surface area (Å²) in [6.45, 7) is 7.13. The van der Waals surface area contributed by atoms with E-state index in [0.717, 1.165) is 5.69 Å². The van der Waals surface area contributed by atoms with E-state index in [1.54, 1.807) is 23.2 Å². The Hall–Kier alpha value is -1.51. The second-order valence-electron chi connectivity index (χ2n) is 1.82. The maximum atomic E-state index is 5.53. The standard InChI is InChI=1S/C7H9N3/c1-3-7-6(8)5-9-10(7)4-2/h3-5H,1-2,8H2. The molecule has 0 atom stereocenters. The molecular formula is C7H9N3. The average Bonchev–Trinajstić information content (AvgIpc) is 2.30. The minimum absolute atomic E-state index is 0.620. The van der Waals surface area contributed by atoms with Gasteiger partial charge in [0.1, 0.15) is 0 Å². The van der Waals surface area contributed by atoms with Gasteiger partial charge in [0.25, 0.3) is 0 Å². The Labute approximate surface area is 59.5 Å². The first-order valence-electron chi connectivity index (χ1n) is 2.87. The molecule has 2 N–H and O–H groups in total. The Balaban J connectivity index is 3.25. The lowest BCUT2D eigenvalue weighted by Gasteiger charge is -1.94. The first kappa shape index (κ1) is 6.61. The van der Waals surface area contributed by atoms with Gasteiger partial charge in [-0.3, -0.25) is 0 Å². The molecule has 3 heteroatoms. The van der Waals surface area contributed by atoms with E-state index in [4.69, 9.17) is 5.73 Å². The number of hydrogen-bond donors (Lipinski definition) is 1. The van der Waals surface area contributed by atoms with Crippen molar-refractivity contribution in [1.82, 2.24) is 9.78 Å². The molecule has 1 rings (SSSR count). The number of aromatic nitrogens is 2. The van der Waals surface area contributed by atoms with Crippen LogP contribution in [-0.2, 0) is 0 Å². The van der Waals surface area contributed by atoms with E-state index < -0.39 is 0 Å².